The molecule has 60 valence electrons. The molecule has 0 unspecified atom stereocenters. The average molecular weight is 168 g/mol. The number of carbonyl (C=O) groups is 1. The number of esters is 1. The molecule has 0 aliphatic rings. The van der Waals surface area contributed by atoms with Gasteiger partial charge in [0.15, 0.2) is 0 Å². The maximum atomic E-state index is 10.0. The first kappa shape index (κ1) is 12.0. The Kier molecular flexibility index (Phi) is 4.94. The Morgan fingerprint density at radius 2 is 2.00 bits per heavy atom. The number of hydrogen-bond acceptors (Lipinski definition) is 5. The van der Waals surface area contributed by atoms with Crippen molar-refractivity contribution in [3.8, 4) is 0 Å². The highest BCUT2D eigenvalue weighted by Gasteiger charge is 2.04. The van der Waals surface area contributed by atoms with Crippen LogP contribution in [0.1, 0.15) is 0 Å². The van der Waals surface area contributed by atoms with Gasteiger partial charge < -0.3 is 9.29 Å². The van der Waals surface area contributed by atoms with Gasteiger partial charge in [-0.1, -0.05) is 0 Å². The van der Waals surface area contributed by atoms with E-state index in [0.29, 0.717) is 0 Å². The standard InChI is InChI=1S/C3H6O5S.CH3/c1-8-3(4)2-9(5,6)7;/h2H2,1H3,(H,5,6,7);1H3/q;+1/p-1. The van der Waals surface area contributed by atoms with Gasteiger partial charge >= 0.3 is 5.97 Å². The first-order valence-corrected chi connectivity index (χ1v) is 3.54. The lowest BCUT2D eigenvalue weighted by Crippen LogP contribution is -2.15. The van der Waals surface area contributed by atoms with Gasteiger partial charge in [0.05, 0.1) is 7.11 Å². The van der Waals surface area contributed by atoms with E-state index in [1.54, 1.807) is 0 Å². The Hall–Kier alpha value is -0.750. The van der Waals surface area contributed by atoms with Crippen LogP contribution in [0.25, 0.3) is 0 Å². The van der Waals surface area contributed by atoms with Gasteiger partial charge in [0, 0.05) is 7.43 Å². The molecule has 0 aliphatic carbocycles. The molecule has 0 bridgehead atoms. The number of rotatable bonds is 2. The van der Waals surface area contributed by atoms with E-state index in [4.69, 9.17) is 0 Å². The summed E-state index contributed by atoms with van der Waals surface area (Å²) in [7, 11) is -3.45. The fourth-order valence-electron chi connectivity index (χ4n) is 0.203. The second-order valence-electron chi connectivity index (χ2n) is 1.28. The predicted molar refractivity (Wildman–Crippen MR) is 33.0 cm³/mol. The summed E-state index contributed by atoms with van der Waals surface area (Å²) < 4.78 is 33.1. The number of methoxy groups -OCH3 is 1. The van der Waals surface area contributed by atoms with E-state index in [0.717, 1.165) is 7.11 Å². The highest BCUT2D eigenvalue weighted by Crippen LogP contribution is 1.82. The SMILES string of the molecule is COC(=O)CS(=O)(=O)[O-].[CH3+]. The quantitative estimate of drug-likeness (QED) is 0.305. The molecule has 6 heteroatoms. The summed E-state index contributed by atoms with van der Waals surface area (Å²) >= 11 is 0. The van der Waals surface area contributed by atoms with Crippen LogP contribution in [0.15, 0.2) is 0 Å². The molecule has 0 saturated heterocycles. The normalized spacial score (nSPS) is 9.80. The van der Waals surface area contributed by atoms with Crippen LogP contribution in [0.4, 0.5) is 0 Å². The molecule has 0 aromatic carbocycles. The molecule has 0 saturated carbocycles. The number of carbonyl (C=O) groups excluding carboxylic acids is 1. The maximum absolute atomic E-state index is 10.0. The van der Waals surface area contributed by atoms with Crippen molar-refractivity contribution in [3.05, 3.63) is 7.43 Å². The van der Waals surface area contributed by atoms with E-state index in [1.807, 2.05) is 0 Å². The first-order chi connectivity index (χ1) is 3.95. The predicted octanol–water partition coefficient (Wildman–Crippen LogP) is -0.845. The fourth-order valence-corrected chi connectivity index (χ4v) is 0.610. The van der Waals surface area contributed by atoms with E-state index in [-0.39, 0.29) is 7.43 Å². The van der Waals surface area contributed by atoms with Crippen LogP contribution >= 0.6 is 0 Å². The minimum Gasteiger partial charge on any atom is -0.748 e. The van der Waals surface area contributed by atoms with Crippen molar-refractivity contribution in [1.82, 2.24) is 0 Å². The molecule has 0 fully saturated rings. The molecule has 0 aromatic rings. The summed E-state index contributed by atoms with van der Waals surface area (Å²) in [5.74, 6) is -2.13. The zero-order valence-electron chi connectivity index (χ0n) is 5.66. The Morgan fingerprint density at radius 3 is 2.10 bits per heavy atom. The molecule has 0 aliphatic heterocycles. The van der Waals surface area contributed by atoms with Crippen LogP contribution in [0.3, 0.4) is 0 Å². The van der Waals surface area contributed by atoms with Crippen molar-refractivity contribution in [1.29, 1.82) is 0 Å². The molecule has 5 nitrogen and oxygen atoms in total. The number of ether oxygens (including phenoxy) is 1. The smallest absolute Gasteiger partial charge is 0.319 e. The minimum atomic E-state index is -4.46. The first-order valence-electron chi connectivity index (χ1n) is 1.96. The van der Waals surface area contributed by atoms with Gasteiger partial charge in [0.1, 0.15) is 15.9 Å². The molecular formula is C4H8O5S. The molecule has 0 spiro atoms. The lowest BCUT2D eigenvalue weighted by Gasteiger charge is -2.02. The van der Waals surface area contributed by atoms with Crippen molar-refractivity contribution in [2.24, 2.45) is 0 Å². The summed E-state index contributed by atoms with van der Waals surface area (Å²) in [6, 6.07) is 0. The van der Waals surface area contributed by atoms with E-state index in [9.17, 15) is 17.8 Å². The van der Waals surface area contributed by atoms with Gasteiger partial charge in [-0.15, -0.1) is 0 Å². The van der Waals surface area contributed by atoms with Crippen LogP contribution in [-0.4, -0.2) is 31.8 Å². The molecule has 0 radical (unpaired) electrons. The summed E-state index contributed by atoms with van der Waals surface area (Å²) in [5.41, 5.74) is 0. The van der Waals surface area contributed by atoms with Crippen LogP contribution in [-0.2, 0) is 19.6 Å². The van der Waals surface area contributed by atoms with Crippen molar-refractivity contribution < 1.29 is 22.5 Å². The zero-order valence-corrected chi connectivity index (χ0v) is 6.47. The van der Waals surface area contributed by atoms with Gasteiger partial charge in [-0.2, -0.15) is 0 Å². The molecular weight excluding hydrogens is 160 g/mol. The highest BCUT2D eigenvalue weighted by atomic mass is 32.2. The second kappa shape index (κ2) is 4.13. The van der Waals surface area contributed by atoms with Gasteiger partial charge in [-0.05, 0) is 0 Å². The lowest BCUT2D eigenvalue weighted by molar-refractivity contribution is -0.137. The van der Waals surface area contributed by atoms with Gasteiger partial charge in [0.25, 0.3) is 0 Å². The lowest BCUT2D eigenvalue weighted by atomic mass is 10.8. The molecule has 0 amide bonds. The Labute approximate surface area is 59.7 Å². The maximum Gasteiger partial charge on any atom is 0.319 e. The third kappa shape index (κ3) is 7.25. The zero-order chi connectivity index (χ0) is 7.49. The second-order valence-corrected chi connectivity index (χ2v) is 2.68. The van der Waals surface area contributed by atoms with Crippen molar-refractivity contribution in [3.63, 3.8) is 0 Å². The highest BCUT2D eigenvalue weighted by molar-refractivity contribution is 7.86. The molecule has 0 atom stereocenters. The molecule has 0 rings (SSSR count). The Morgan fingerprint density at radius 1 is 1.60 bits per heavy atom. The third-order valence-electron chi connectivity index (χ3n) is 0.522. The third-order valence-corrected chi connectivity index (χ3v) is 1.11. The van der Waals surface area contributed by atoms with E-state index < -0.39 is 21.8 Å². The minimum absolute atomic E-state index is 0. The Bertz CT molecular complexity index is 192. The van der Waals surface area contributed by atoms with Crippen LogP contribution in [0.2, 0.25) is 0 Å². The summed E-state index contributed by atoms with van der Waals surface area (Å²) in [6.45, 7) is 0. The van der Waals surface area contributed by atoms with Crippen LogP contribution in [0.5, 0.6) is 0 Å². The molecule has 10 heavy (non-hydrogen) atoms. The van der Waals surface area contributed by atoms with Crippen molar-refractivity contribution in [2.45, 2.75) is 0 Å². The van der Waals surface area contributed by atoms with Crippen LogP contribution < -0.4 is 0 Å². The molecule has 0 aromatic heterocycles. The number of hydrogen-bond donors (Lipinski definition) is 0. The molecule has 0 heterocycles. The summed E-state index contributed by atoms with van der Waals surface area (Å²) in [6.07, 6.45) is 0. The van der Waals surface area contributed by atoms with Crippen LogP contribution in [0, 0.1) is 7.43 Å². The summed E-state index contributed by atoms with van der Waals surface area (Å²) in [5, 5.41) is 0. The van der Waals surface area contributed by atoms with Crippen molar-refractivity contribution in [2.75, 3.05) is 12.9 Å². The monoisotopic (exact) mass is 168 g/mol. The van der Waals surface area contributed by atoms with Gasteiger partial charge in [-0.3, -0.25) is 4.79 Å². The van der Waals surface area contributed by atoms with Gasteiger partial charge in [0.2, 0.25) is 0 Å². The van der Waals surface area contributed by atoms with E-state index >= 15 is 0 Å². The van der Waals surface area contributed by atoms with Crippen molar-refractivity contribution >= 4 is 16.1 Å². The fraction of sp³-hybridized carbons (Fsp3) is 0.500. The largest absolute Gasteiger partial charge is 0.748 e. The van der Waals surface area contributed by atoms with Gasteiger partial charge in [-0.25, -0.2) is 8.42 Å². The topological polar surface area (TPSA) is 83.5 Å². The Balaban J connectivity index is 0. The van der Waals surface area contributed by atoms with E-state index in [1.165, 1.54) is 0 Å². The average Bonchev–Trinajstić information content (AvgIpc) is 1.62. The molecule has 0 N–H and O–H groups in total. The summed E-state index contributed by atoms with van der Waals surface area (Å²) in [4.78, 5) is 10.0. The van der Waals surface area contributed by atoms with E-state index in [2.05, 4.69) is 4.74 Å².